The summed E-state index contributed by atoms with van der Waals surface area (Å²) in [5.74, 6) is 0.181. The molecule has 2 heterocycles. The zero-order chi connectivity index (χ0) is 14.8. The number of nitrogens with zero attached hydrogens (tertiary/aromatic N) is 3. The van der Waals surface area contributed by atoms with E-state index in [9.17, 15) is 4.79 Å². The summed E-state index contributed by atoms with van der Waals surface area (Å²) >= 11 is 0. The van der Waals surface area contributed by atoms with Crippen molar-refractivity contribution in [2.24, 2.45) is 0 Å². The number of hydrogen-bond acceptors (Lipinski definition) is 3. The molecule has 0 unspecified atom stereocenters. The number of aromatic nitrogens is 2. The third-order valence-corrected chi connectivity index (χ3v) is 3.67. The van der Waals surface area contributed by atoms with Gasteiger partial charge >= 0.3 is 0 Å². The molecular weight excluding hydrogens is 262 g/mol. The summed E-state index contributed by atoms with van der Waals surface area (Å²) in [5.41, 5.74) is 5.09. The highest BCUT2D eigenvalue weighted by Gasteiger charge is 2.20. The summed E-state index contributed by atoms with van der Waals surface area (Å²) in [6.45, 7) is 1.93. The molecule has 1 aromatic carbocycles. The Balaban J connectivity index is 1.86. The first kappa shape index (κ1) is 13.5. The van der Waals surface area contributed by atoms with Gasteiger partial charge < -0.3 is 4.90 Å². The normalized spacial score (nSPS) is 14.6. The summed E-state index contributed by atoms with van der Waals surface area (Å²) < 4.78 is 0. The maximum Gasteiger partial charge on any atom is 0.227 e. The molecule has 0 fully saturated rings. The van der Waals surface area contributed by atoms with Crippen LogP contribution in [-0.2, 0) is 11.2 Å². The smallest absolute Gasteiger partial charge is 0.227 e. The van der Waals surface area contributed by atoms with Gasteiger partial charge in [-0.1, -0.05) is 12.1 Å². The Hall–Kier alpha value is -2.49. The summed E-state index contributed by atoms with van der Waals surface area (Å²) in [6.07, 6.45) is 8.86. The molecule has 3 rings (SSSR count). The molecule has 106 valence electrons. The minimum Gasteiger partial charge on any atom is -0.315 e. The van der Waals surface area contributed by atoms with Gasteiger partial charge in [0.2, 0.25) is 5.91 Å². The van der Waals surface area contributed by atoms with Crippen LogP contribution in [0.2, 0.25) is 0 Å². The Morgan fingerprint density at radius 1 is 1.19 bits per heavy atom. The Kier molecular flexibility index (Phi) is 3.52. The molecule has 1 aliphatic heterocycles. The zero-order valence-electron chi connectivity index (χ0n) is 12.2. The lowest BCUT2D eigenvalue weighted by Gasteiger charge is -2.25. The van der Waals surface area contributed by atoms with E-state index in [1.54, 1.807) is 17.3 Å². The minimum absolute atomic E-state index is 0.181. The van der Waals surface area contributed by atoms with Gasteiger partial charge in [0, 0.05) is 25.4 Å². The number of aryl methyl sites for hydroxylation is 2. The first-order chi connectivity index (χ1) is 10.1. The van der Waals surface area contributed by atoms with Gasteiger partial charge in [-0.2, -0.15) is 0 Å². The molecule has 21 heavy (non-hydrogen) atoms. The van der Waals surface area contributed by atoms with E-state index < -0.39 is 0 Å². The maximum atomic E-state index is 11.7. The van der Waals surface area contributed by atoms with Crippen LogP contribution >= 0.6 is 0 Å². The number of benzene rings is 1. The van der Waals surface area contributed by atoms with E-state index in [0.29, 0.717) is 6.42 Å². The predicted octanol–water partition coefficient (Wildman–Crippen LogP) is 2.86. The van der Waals surface area contributed by atoms with E-state index in [0.717, 1.165) is 29.1 Å². The van der Waals surface area contributed by atoms with Crippen molar-refractivity contribution in [2.45, 2.75) is 19.8 Å². The van der Waals surface area contributed by atoms with Crippen molar-refractivity contribution in [1.82, 2.24) is 9.97 Å². The SMILES string of the molecule is Cc1cncc(C=Cc2ccc3c(c2)CCC(=O)N3C)n1. The summed E-state index contributed by atoms with van der Waals surface area (Å²) in [4.78, 5) is 21.9. The molecule has 1 aromatic heterocycles. The number of rotatable bonds is 2. The number of hydrogen-bond donors (Lipinski definition) is 0. The fourth-order valence-corrected chi connectivity index (χ4v) is 2.52. The molecule has 4 nitrogen and oxygen atoms in total. The van der Waals surface area contributed by atoms with Crippen LogP contribution in [0.15, 0.2) is 30.6 Å². The first-order valence-electron chi connectivity index (χ1n) is 7.00. The number of carbonyl (C=O) groups is 1. The van der Waals surface area contributed by atoms with E-state index >= 15 is 0 Å². The van der Waals surface area contributed by atoms with Gasteiger partial charge in [0.25, 0.3) is 0 Å². The highest BCUT2D eigenvalue weighted by atomic mass is 16.2. The Morgan fingerprint density at radius 3 is 2.86 bits per heavy atom. The van der Waals surface area contributed by atoms with Crippen LogP contribution in [0.1, 0.15) is 28.9 Å². The highest BCUT2D eigenvalue weighted by Crippen LogP contribution is 2.28. The Labute approximate surface area is 124 Å². The number of amides is 1. The van der Waals surface area contributed by atoms with Crippen LogP contribution in [0.4, 0.5) is 5.69 Å². The Morgan fingerprint density at radius 2 is 2.05 bits per heavy atom. The van der Waals surface area contributed by atoms with Gasteiger partial charge in [0.15, 0.2) is 0 Å². The average molecular weight is 279 g/mol. The minimum atomic E-state index is 0.181. The van der Waals surface area contributed by atoms with E-state index in [4.69, 9.17) is 0 Å². The van der Waals surface area contributed by atoms with Crippen molar-refractivity contribution < 1.29 is 4.79 Å². The van der Waals surface area contributed by atoms with Gasteiger partial charge in [-0.15, -0.1) is 0 Å². The van der Waals surface area contributed by atoms with Crippen LogP contribution < -0.4 is 4.90 Å². The molecule has 2 aromatic rings. The maximum absolute atomic E-state index is 11.7. The highest BCUT2D eigenvalue weighted by molar-refractivity contribution is 5.96. The molecule has 1 aliphatic rings. The molecule has 0 aliphatic carbocycles. The van der Waals surface area contributed by atoms with Crippen molar-refractivity contribution in [1.29, 1.82) is 0 Å². The van der Waals surface area contributed by atoms with Crippen molar-refractivity contribution in [3.05, 3.63) is 53.1 Å². The summed E-state index contributed by atoms with van der Waals surface area (Å²) in [5, 5.41) is 0. The zero-order valence-corrected chi connectivity index (χ0v) is 12.2. The molecule has 0 bridgehead atoms. The number of carbonyl (C=O) groups excluding carboxylic acids is 1. The van der Waals surface area contributed by atoms with E-state index in [2.05, 4.69) is 16.0 Å². The number of anilines is 1. The molecule has 0 saturated heterocycles. The summed E-state index contributed by atoms with van der Waals surface area (Å²) in [6, 6.07) is 6.17. The molecule has 0 saturated carbocycles. The second-order valence-electron chi connectivity index (χ2n) is 5.26. The van der Waals surface area contributed by atoms with Crippen LogP contribution in [0.3, 0.4) is 0 Å². The third kappa shape index (κ3) is 2.84. The average Bonchev–Trinajstić information content (AvgIpc) is 2.49. The van der Waals surface area contributed by atoms with Crippen molar-refractivity contribution in [3.63, 3.8) is 0 Å². The van der Waals surface area contributed by atoms with Crippen LogP contribution in [0, 0.1) is 6.92 Å². The van der Waals surface area contributed by atoms with E-state index in [1.807, 2.05) is 38.3 Å². The fraction of sp³-hybridized carbons (Fsp3) is 0.235. The standard InChI is InChI=1S/C17H17N3O/c1-12-10-18-11-15(19-12)6-3-13-4-7-16-14(9-13)5-8-17(21)20(16)2/h3-4,6-7,9-11H,5,8H2,1-2H3. The quantitative estimate of drug-likeness (QED) is 0.849. The van der Waals surface area contributed by atoms with Crippen LogP contribution in [0.25, 0.3) is 12.2 Å². The van der Waals surface area contributed by atoms with E-state index in [-0.39, 0.29) is 5.91 Å². The molecular formula is C17H17N3O. The fourth-order valence-electron chi connectivity index (χ4n) is 2.52. The monoisotopic (exact) mass is 279 g/mol. The lowest BCUT2D eigenvalue weighted by Crippen LogP contribution is -2.30. The number of fused-ring (bicyclic) bond motifs is 1. The molecule has 0 radical (unpaired) electrons. The van der Waals surface area contributed by atoms with Gasteiger partial charge in [0.05, 0.1) is 17.6 Å². The van der Waals surface area contributed by atoms with Gasteiger partial charge in [-0.3, -0.25) is 14.8 Å². The topological polar surface area (TPSA) is 46.1 Å². The van der Waals surface area contributed by atoms with Gasteiger partial charge in [-0.05, 0) is 42.7 Å². The second kappa shape index (κ2) is 5.48. The first-order valence-corrected chi connectivity index (χ1v) is 7.00. The second-order valence-corrected chi connectivity index (χ2v) is 5.26. The van der Waals surface area contributed by atoms with Crippen molar-refractivity contribution in [3.8, 4) is 0 Å². The van der Waals surface area contributed by atoms with Gasteiger partial charge in [-0.25, -0.2) is 0 Å². The third-order valence-electron chi connectivity index (χ3n) is 3.67. The largest absolute Gasteiger partial charge is 0.315 e. The van der Waals surface area contributed by atoms with E-state index in [1.165, 1.54) is 5.56 Å². The molecule has 0 spiro atoms. The Bertz CT molecular complexity index is 722. The molecule has 1 amide bonds. The molecule has 4 heteroatoms. The van der Waals surface area contributed by atoms with Crippen LogP contribution in [-0.4, -0.2) is 22.9 Å². The van der Waals surface area contributed by atoms with Gasteiger partial charge in [0.1, 0.15) is 0 Å². The lowest BCUT2D eigenvalue weighted by atomic mass is 9.99. The lowest BCUT2D eigenvalue weighted by molar-refractivity contribution is -0.118. The molecule has 0 atom stereocenters. The van der Waals surface area contributed by atoms with Crippen LogP contribution in [0.5, 0.6) is 0 Å². The molecule has 0 N–H and O–H groups in total. The predicted molar refractivity (Wildman–Crippen MR) is 83.9 cm³/mol. The van der Waals surface area contributed by atoms with Crippen molar-refractivity contribution >= 4 is 23.7 Å². The summed E-state index contributed by atoms with van der Waals surface area (Å²) in [7, 11) is 1.83. The van der Waals surface area contributed by atoms with Crippen molar-refractivity contribution in [2.75, 3.05) is 11.9 Å².